The molecular formula is C14H21FN2O. The summed E-state index contributed by atoms with van der Waals surface area (Å²) >= 11 is 0. The van der Waals surface area contributed by atoms with Crippen molar-refractivity contribution >= 4 is 5.91 Å². The van der Waals surface area contributed by atoms with Gasteiger partial charge in [0.05, 0.1) is 5.92 Å². The largest absolute Gasteiger partial charge is 0.341 e. The predicted molar refractivity (Wildman–Crippen MR) is 70.6 cm³/mol. The Bertz CT molecular complexity index is 395. The van der Waals surface area contributed by atoms with Crippen molar-refractivity contribution in [1.82, 2.24) is 10.2 Å². The summed E-state index contributed by atoms with van der Waals surface area (Å²) in [6.45, 7) is 2.94. The molecule has 1 aromatic rings. The van der Waals surface area contributed by atoms with Crippen molar-refractivity contribution in [3.05, 3.63) is 35.6 Å². The second-order valence-corrected chi connectivity index (χ2v) is 4.45. The van der Waals surface area contributed by atoms with Gasteiger partial charge in [0.1, 0.15) is 5.82 Å². The Hall–Kier alpha value is -1.42. The lowest BCUT2D eigenvalue weighted by Gasteiger charge is -2.23. The molecule has 0 fully saturated rings. The van der Waals surface area contributed by atoms with Crippen LogP contribution >= 0.6 is 0 Å². The van der Waals surface area contributed by atoms with Crippen LogP contribution in [0.4, 0.5) is 4.39 Å². The van der Waals surface area contributed by atoms with E-state index in [9.17, 15) is 9.18 Å². The molecule has 0 bridgehead atoms. The van der Waals surface area contributed by atoms with Crippen LogP contribution in [-0.4, -0.2) is 31.4 Å². The summed E-state index contributed by atoms with van der Waals surface area (Å²) in [5.41, 5.74) is 0.549. The average Bonchev–Trinajstić information content (AvgIpc) is 2.37. The van der Waals surface area contributed by atoms with Crippen LogP contribution < -0.4 is 5.32 Å². The lowest BCUT2D eigenvalue weighted by molar-refractivity contribution is -0.134. The molecule has 1 amide bonds. The van der Waals surface area contributed by atoms with Gasteiger partial charge in [-0.2, -0.15) is 0 Å². The maximum atomic E-state index is 13.5. The van der Waals surface area contributed by atoms with Gasteiger partial charge in [-0.1, -0.05) is 25.1 Å². The second kappa shape index (κ2) is 7.11. The van der Waals surface area contributed by atoms with E-state index in [-0.39, 0.29) is 17.6 Å². The first-order valence-corrected chi connectivity index (χ1v) is 6.23. The van der Waals surface area contributed by atoms with Crippen LogP contribution in [0.2, 0.25) is 0 Å². The van der Waals surface area contributed by atoms with Gasteiger partial charge in [-0.25, -0.2) is 4.39 Å². The second-order valence-electron chi connectivity index (χ2n) is 4.45. The lowest BCUT2D eigenvalue weighted by atomic mass is 10.0. The molecule has 0 aliphatic carbocycles. The Balaban J connectivity index is 2.67. The molecule has 0 aliphatic heterocycles. The number of carbonyl (C=O) groups is 1. The van der Waals surface area contributed by atoms with Gasteiger partial charge in [-0.15, -0.1) is 0 Å². The fourth-order valence-electron chi connectivity index (χ4n) is 1.92. The van der Waals surface area contributed by atoms with E-state index in [0.717, 1.165) is 6.42 Å². The lowest BCUT2D eigenvalue weighted by Crippen LogP contribution is -2.37. The normalized spacial score (nSPS) is 12.2. The number of carbonyl (C=O) groups excluding carboxylic acids is 1. The Kier molecular flexibility index (Phi) is 5.78. The van der Waals surface area contributed by atoms with Crippen LogP contribution in [0, 0.1) is 11.7 Å². The van der Waals surface area contributed by atoms with Crippen LogP contribution in [0.25, 0.3) is 0 Å². The number of rotatable bonds is 6. The first-order valence-electron chi connectivity index (χ1n) is 6.23. The van der Waals surface area contributed by atoms with E-state index < -0.39 is 0 Å². The number of amides is 1. The van der Waals surface area contributed by atoms with Crippen molar-refractivity contribution in [1.29, 1.82) is 0 Å². The third kappa shape index (κ3) is 3.81. The average molecular weight is 252 g/mol. The predicted octanol–water partition coefficient (Wildman–Crippen LogP) is 2.03. The number of hydrogen-bond donors (Lipinski definition) is 1. The molecule has 0 aliphatic rings. The molecule has 1 atom stereocenters. The van der Waals surface area contributed by atoms with Gasteiger partial charge in [0.2, 0.25) is 5.91 Å². The molecule has 0 saturated heterocycles. The van der Waals surface area contributed by atoms with Gasteiger partial charge in [-0.3, -0.25) is 4.79 Å². The highest BCUT2D eigenvalue weighted by Crippen LogP contribution is 2.12. The van der Waals surface area contributed by atoms with Crippen molar-refractivity contribution in [3.8, 4) is 0 Å². The molecule has 4 heteroatoms. The summed E-state index contributed by atoms with van der Waals surface area (Å²) in [5.74, 6) is -0.263. The zero-order valence-electron chi connectivity index (χ0n) is 11.2. The summed E-state index contributed by atoms with van der Waals surface area (Å²) in [5, 5.41) is 3.01. The topological polar surface area (TPSA) is 32.3 Å². The molecule has 0 aromatic heterocycles. The smallest absolute Gasteiger partial charge is 0.226 e. The van der Waals surface area contributed by atoms with Gasteiger partial charge >= 0.3 is 0 Å². The molecule has 0 heterocycles. The van der Waals surface area contributed by atoms with Gasteiger partial charge in [0.25, 0.3) is 0 Å². The van der Waals surface area contributed by atoms with E-state index in [1.54, 1.807) is 30.1 Å². The number of hydrogen-bond acceptors (Lipinski definition) is 2. The first-order chi connectivity index (χ1) is 8.60. The van der Waals surface area contributed by atoms with Crippen molar-refractivity contribution in [2.24, 2.45) is 5.92 Å². The highest BCUT2D eigenvalue weighted by Gasteiger charge is 2.20. The third-order valence-corrected chi connectivity index (χ3v) is 3.03. The molecular weight excluding hydrogens is 231 g/mol. The van der Waals surface area contributed by atoms with Gasteiger partial charge in [-0.05, 0) is 19.5 Å². The number of halogens is 1. The maximum absolute atomic E-state index is 13.5. The first kappa shape index (κ1) is 14.6. The summed E-state index contributed by atoms with van der Waals surface area (Å²) < 4.78 is 13.5. The highest BCUT2D eigenvalue weighted by atomic mass is 19.1. The minimum Gasteiger partial charge on any atom is -0.341 e. The zero-order chi connectivity index (χ0) is 13.5. The zero-order valence-corrected chi connectivity index (χ0v) is 11.2. The van der Waals surface area contributed by atoms with E-state index >= 15 is 0 Å². The molecule has 0 radical (unpaired) electrons. The van der Waals surface area contributed by atoms with Crippen LogP contribution in [0.3, 0.4) is 0 Å². The van der Waals surface area contributed by atoms with E-state index in [4.69, 9.17) is 0 Å². The summed E-state index contributed by atoms with van der Waals surface area (Å²) in [6.07, 6.45) is 0.779. The van der Waals surface area contributed by atoms with E-state index in [1.807, 2.05) is 14.0 Å². The van der Waals surface area contributed by atoms with Crippen LogP contribution in [0.15, 0.2) is 24.3 Å². The number of nitrogens with one attached hydrogen (secondary N) is 1. The van der Waals surface area contributed by atoms with Crippen LogP contribution in [0.1, 0.15) is 18.9 Å². The minimum atomic E-state index is -0.265. The minimum absolute atomic E-state index is 0.0493. The molecule has 3 nitrogen and oxygen atoms in total. The summed E-state index contributed by atoms with van der Waals surface area (Å²) in [6, 6.07) is 6.55. The SMILES string of the molecule is CCC(CNC)C(=O)N(C)Cc1ccccc1F. The molecule has 1 rings (SSSR count). The van der Waals surface area contributed by atoms with E-state index in [2.05, 4.69) is 5.32 Å². The summed E-state index contributed by atoms with van der Waals surface area (Å²) in [7, 11) is 3.54. The maximum Gasteiger partial charge on any atom is 0.226 e. The monoisotopic (exact) mass is 252 g/mol. The van der Waals surface area contributed by atoms with Crippen molar-refractivity contribution in [2.45, 2.75) is 19.9 Å². The number of benzene rings is 1. The Morgan fingerprint density at radius 3 is 2.67 bits per heavy atom. The fourth-order valence-corrected chi connectivity index (χ4v) is 1.92. The van der Waals surface area contributed by atoms with Crippen molar-refractivity contribution < 1.29 is 9.18 Å². The molecule has 0 saturated carbocycles. The molecule has 18 heavy (non-hydrogen) atoms. The van der Waals surface area contributed by atoms with Gasteiger partial charge in [0.15, 0.2) is 0 Å². The van der Waals surface area contributed by atoms with Crippen LogP contribution in [0.5, 0.6) is 0 Å². The fraction of sp³-hybridized carbons (Fsp3) is 0.500. The molecule has 1 unspecified atom stereocenters. The molecule has 1 N–H and O–H groups in total. The van der Waals surface area contributed by atoms with Gasteiger partial charge in [0, 0.05) is 25.7 Å². The van der Waals surface area contributed by atoms with Crippen molar-refractivity contribution in [3.63, 3.8) is 0 Å². The van der Waals surface area contributed by atoms with Crippen molar-refractivity contribution in [2.75, 3.05) is 20.6 Å². The van der Waals surface area contributed by atoms with E-state index in [0.29, 0.717) is 18.7 Å². The molecule has 0 spiro atoms. The third-order valence-electron chi connectivity index (χ3n) is 3.03. The Morgan fingerprint density at radius 2 is 2.11 bits per heavy atom. The Labute approximate surface area is 108 Å². The van der Waals surface area contributed by atoms with Gasteiger partial charge < -0.3 is 10.2 Å². The Morgan fingerprint density at radius 1 is 1.44 bits per heavy atom. The van der Waals surface area contributed by atoms with E-state index in [1.165, 1.54) is 6.07 Å². The quantitative estimate of drug-likeness (QED) is 0.840. The van der Waals surface area contributed by atoms with Crippen LogP contribution in [-0.2, 0) is 11.3 Å². The molecule has 1 aromatic carbocycles. The standard InChI is InChI=1S/C14H21FN2O/c1-4-11(9-16-2)14(18)17(3)10-12-7-5-6-8-13(12)15/h5-8,11,16H,4,9-10H2,1-3H3. The highest BCUT2D eigenvalue weighted by molar-refractivity contribution is 5.78. The number of nitrogens with zero attached hydrogens (tertiary/aromatic N) is 1. The molecule has 100 valence electrons. The summed E-state index contributed by atoms with van der Waals surface area (Å²) in [4.78, 5) is 13.7.